The summed E-state index contributed by atoms with van der Waals surface area (Å²) in [5.41, 5.74) is 4.75. The van der Waals surface area contributed by atoms with Crippen molar-refractivity contribution >= 4 is 23.0 Å². The summed E-state index contributed by atoms with van der Waals surface area (Å²) >= 11 is 0. The van der Waals surface area contributed by atoms with Gasteiger partial charge in [-0.3, -0.25) is 4.79 Å². The van der Waals surface area contributed by atoms with Crippen molar-refractivity contribution in [1.82, 2.24) is 0 Å². The molecule has 4 heteroatoms. The first-order valence-electron chi connectivity index (χ1n) is 7.14. The van der Waals surface area contributed by atoms with E-state index in [2.05, 4.69) is 34.1 Å². The number of anilines is 3. The van der Waals surface area contributed by atoms with Crippen LogP contribution in [-0.2, 0) is 10.2 Å². The molecule has 2 aromatic carbocycles. The Hall–Kier alpha value is -2.49. The van der Waals surface area contributed by atoms with E-state index in [0.717, 1.165) is 22.6 Å². The van der Waals surface area contributed by atoms with Crippen LogP contribution >= 0.6 is 0 Å². The molecule has 4 nitrogen and oxygen atoms in total. The molecule has 106 valence electrons. The molecule has 0 aliphatic carbocycles. The van der Waals surface area contributed by atoms with Gasteiger partial charge in [0.05, 0.1) is 16.8 Å². The fourth-order valence-corrected chi connectivity index (χ4v) is 3.02. The summed E-state index contributed by atoms with van der Waals surface area (Å²) in [6, 6.07) is 14.4. The fraction of sp³-hybridized carbons (Fsp3) is 0.235. The highest BCUT2D eigenvalue weighted by molar-refractivity contribution is 6.07. The van der Waals surface area contributed by atoms with Crippen molar-refractivity contribution in [2.24, 2.45) is 0 Å². The summed E-state index contributed by atoms with van der Waals surface area (Å²) in [5.74, 6) is 0.0563. The number of hydrogen-bond acceptors (Lipinski definition) is 3. The van der Waals surface area contributed by atoms with Gasteiger partial charge < -0.3 is 16.0 Å². The number of amides is 1. The van der Waals surface area contributed by atoms with Gasteiger partial charge >= 0.3 is 0 Å². The lowest BCUT2D eigenvalue weighted by Gasteiger charge is -2.15. The van der Waals surface area contributed by atoms with E-state index in [9.17, 15) is 4.79 Å². The van der Waals surface area contributed by atoms with Crippen LogP contribution in [0.2, 0.25) is 0 Å². The largest absolute Gasteiger partial charge is 0.360 e. The van der Waals surface area contributed by atoms with Crippen LogP contribution in [-0.4, -0.2) is 5.91 Å². The standard InChI is InChI=1S/C17H17N3O/c1-17(2)11-8-13-14(9-12(11)20-16(17)21)19-15(18-13)10-6-4-3-5-7-10/h3-9,15,18-19H,1-2H3,(H,20,21). The van der Waals surface area contributed by atoms with Gasteiger partial charge in [0.15, 0.2) is 0 Å². The van der Waals surface area contributed by atoms with Crippen LogP contribution in [0, 0.1) is 0 Å². The Morgan fingerprint density at radius 3 is 2.33 bits per heavy atom. The maximum atomic E-state index is 12.0. The van der Waals surface area contributed by atoms with Crippen molar-refractivity contribution in [3.63, 3.8) is 0 Å². The van der Waals surface area contributed by atoms with E-state index in [1.54, 1.807) is 0 Å². The number of nitrogens with one attached hydrogen (secondary N) is 3. The molecule has 0 spiro atoms. The van der Waals surface area contributed by atoms with E-state index in [1.807, 2.05) is 38.1 Å². The van der Waals surface area contributed by atoms with Crippen LogP contribution in [0.4, 0.5) is 17.1 Å². The molecule has 2 aromatic rings. The molecule has 3 N–H and O–H groups in total. The van der Waals surface area contributed by atoms with E-state index >= 15 is 0 Å². The Labute approximate surface area is 123 Å². The predicted octanol–water partition coefficient (Wildman–Crippen LogP) is 3.45. The highest BCUT2D eigenvalue weighted by Gasteiger charge is 2.39. The second-order valence-corrected chi connectivity index (χ2v) is 6.15. The Morgan fingerprint density at radius 1 is 0.952 bits per heavy atom. The van der Waals surface area contributed by atoms with Gasteiger partial charge in [0, 0.05) is 5.69 Å². The molecule has 1 atom stereocenters. The van der Waals surface area contributed by atoms with E-state index < -0.39 is 5.41 Å². The fourth-order valence-electron chi connectivity index (χ4n) is 3.02. The molecule has 1 amide bonds. The Bertz CT molecular complexity index is 737. The Kier molecular flexibility index (Phi) is 2.34. The Morgan fingerprint density at radius 2 is 1.62 bits per heavy atom. The van der Waals surface area contributed by atoms with Gasteiger partial charge in [0.25, 0.3) is 0 Å². The molecule has 0 saturated carbocycles. The monoisotopic (exact) mass is 279 g/mol. The van der Waals surface area contributed by atoms with Crippen LogP contribution < -0.4 is 16.0 Å². The predicted molar refractivity (Wildman–Crippen MR) is 84.5 cm³/mol. The molecular formula is C17H17N3O. The van der Waals surface area contributed by atoms with Crippen molar-refractivity contribution < 1.29 is 4.79 Å². The summed E-state index contributed by atoms with van der Waals surface area (Å²) in [6.07, 6.45) is 0.0718. The van der Waals surface area contributed by atoms with Gasteiger partial charge in [-0.15, -0.1) is 0 Å². The molecule has 0 fully saturated rings. The first kappa shape index (κ1) is 12.3. The number of carbonyl (C=O) groups is 1. The quantitative estimate of drug-likeness (QED) is 0.749. The number of carbonyl (C=O) groups excluding carboxylic acids is 1. The lowest BCUT2D eigenvalue weighted by Crippen LogP contribution is -2.26. The van der Waals surface area contributed by atoms with Gasteiger partial charge in [0.1, 0.15) is 6.17 Å². The normalized spacial score (nSPS) is 21.0. The smallest absolute Gasteiger partial charge is 0.234 e. The summed E-state index contributed by atoms with van der Waals surface area (Å²) in [6.45, 7) is 3.91. The average Bonchev–Trinajstić information content (AvgIpc) is 2.98. The van der Waals surface area contributed by atoms with Crippen LogP contribution in [0.25, 0.3) is 0 Å². The van der Waals surface area contributed by atoms with Crippen molar-refractivity contribution in [2.45, 2.75) is 25.4 Å². The van der Waals surface area contributed by atoms with Crippen molar-refractivity contribution in [2.75, 3.05) is 16.0 Å². The summed E-state index contributed by atoms with van der Waals surface area (Å²) in [7, 11) is 0. The minimum atomic E-state index is -0.475. The molecule has 0 bridgehead atoms. The molecule has 0 radical (unpaired) electrons. The van der Waals surface area contributed by atoms with Crippen LogP contribution in [0.3, 0.4) is 0 Å². The second-order valence-electron chi connectivity index (χ2n) is 6.15. The maximum Gasteiger partial charge on any atom is 0.234 e. The van der Waals surface area contributed by atoms with E-state index in [1.165, 1.54) is 5.56 Å². The zero-order valence-electron chi connectivity index (χ0n) is 12.0. The van der Waals surface area contributed by atoms with Gasteiger partial charge in [-0.05, 0) is 37.1 Å². The number of hydrogen-bond donors (Lipinski definition) is 3. The van der Waals surface area contributed by atoms with Crippen molar-refractivity contribution in [3.8, 4) is 0 Å². The highest BCUT2D eigenvalue weighted by Crippen LogP contribution is 2.45. The number of rotatable bonds is 1. The summed E-state index contributed by atoms with van der Waals surface area (Å²) in [5, 5.41) is 9.91. The van der Waals surface area contributed by atoms with E-state index in [0.29, 0.717) is 0 Å². The van der Waals surface area contributed by atoms with Gasteiger partial charge in [-0.2, -0.15) is 0 Å². The minimum absolute atomic E-state index is 0.0563. The van der Waals surface area contributed by atoms with Crippen molar-refractivity contribution in [1.29, 1.82) is 0 Å². The third-order valence-corrected chi connectivity index (χ3v) is 4.38. The first-order valence-corrected chi connectivity index (χ1v) is 7.14. The molecule has 1 unspecified atom stereocenters. The third kappa shape index (κ3) is 1.72. The molecule has 2 aliphatic heterocycles. The van der Waals surface area contributed by atoms with E-state index in [-0.39, 0.29) is 12.1 Å². The second kappa shape index (κ2) is 4.01. The lowest BCUT2D eigenvalue weighted by atomic mass is 9.86. The number of benzene rings is 2. The summed E-state index contributed by atoms with van der Waals surface area (Å²) in [4.78, 5) is 12.0. The van der Waals surface area contributed by atoms with Gasteiger partial charge in [0.2, 0.25) is 5.91 Å². The third-order valence-electron chi connectivity index (χ3n) is 4.38. The Balaban J connectivity index is 1.72. The van der Waals surface area contributed by atoms with Gasteiger partial charge in [-0.25, -0.2) is 0 Å². The number of fused-ring (bicyclic) bond motifs is 2. The van der Waals surface area contributed by atoms with Crippen LogP contribution in [0.5, 0.6) is 0 Å². The maximum absolute atomic E-state index is 12.0. The first-order chi connectivity index (χ1) is 10.1. The molecule has 4 rings (SSSR count). The SMILES string of the molecule is CC1(C)C(=O)Nc2cc3c(cc21)NC(c1ccccc1)N3. The topological polar surface area (TPSA) is 53.2 Å². The van der Waals surface area contributed by atoms with Crippen LogP contribution in [0.1, 0.15) is 31.1 Å². The molecule has 0 saturated heterocycles. The summed E-state index contributed by atoms with van der Waals surface area (Å²) < 4.78 is 0. The average molecular weight is 279 g/mol. The minimum Gasteiger partial charge on any atom is -0.360 e. The zero-order chi connectivity index (χ0) is 14.6. The van der Waals surface area contributed by atoms with Gasteiger partial charge in [-0.1, -0.05) is 30.3 Å². The molecule has 2 heterocycles. The van der Waals surface area contributed by atoms with E-state index in [4.69, 9.17) is 0 Å². The zero-order valence-corrected chi connectivity index (χ0v) is 12.0. The molecular weight excluding hydrogens is 262 g/mol. The van der Waals surface area contributed by atoms with Crippen molar-refractivity contribution in [3.05, 3.63) is 53.6 Å². The molecule has 2 aliphatic rings. The lowest BCUT2D eigenvalue weighted by molar-refractivity contribution is -0.119. The molecule has 21 heavy (non-hydrogen) atoms. The highest BCUT2D eigenvalue weighted by atomic mass is 16.2. The van der Waals surface area contributed by atoms with Crippen LogP contribution in [0.15, 0.2) is 42.5 Å². The molecule has 0 aromatic heterocycles.